The minimum absolute atomic E-state index is 0.0735. The number of hydrogen-bond acceptors (Lipinski definition) is 3. The van der Waals surface area contributed by atoms with Crippen molar-refractivity contribution in [3.8, 4) is 0 Å². The van der Waals surface area contributed by atoms with Crippen molar-refractivity contribution in [1.82, 2.24) is 4.98 Å². The Bertz CT molecular complexity index is 282. The summed E-state index contributed by atoms with van der Waals surface area (Å²) in [6.07, 6.45) is 1.25. The minimum atomic E-state index is -0.429. The fraction of sp³-hybridized carbons (Fsp3) is 0.429. The van der Waals surface area contributed by atoms with E-state index in [2.05, 4.69) is 4.98 Å². The molecule has 66 valence electrons. The number of rotatable bonds is 3. The summed E-state index contributed by atoms with van der Waals surface area (Å²) >= 11 is 0. The van der Waals surface area contributed by atoms with Crippen LogP contribution in [0.15, 0.2) is 12.3 Å². The SMILES string of the molecule is COC(C)c1[nH]ccc1[N+](=O)[O-]. The van der Waals surface area contributed by atoms with Gasteiger partial charge < -0.3 is 9.72 Å². The monoisotopic (exact) mass is 170 g/mol. The van der Waals surface area contributed by atoms with Crippen LogP contribution >= 0.6 is 0 Å². The van der Waals surface area contributed by atoms with E-state index in [4.69, 9.17) is 4.74 Å². The summed E-state index contributed by atoms with van der Waals surface area (Å²) in [4.78, 5) is 12.8. The maximum atomic E-state index is 10.4. The summed E-state index contributed by atoms with van der Waals surface area (Å²) in [5, 5.41) is 10.4. The van der Waals surface area contributed by atoms with Gasteiger partial charge in [0.15, 0.2) is 0 Å². The van der Waals surface area contributed by atoms with Gasteiger partial charge >= 0.3 is 0 Å². The third kappa shape index (κ3) is 1.45. The van der Waals surface area contributed by atoms with Crippen LogP contribution in [0.5, 0.6) is 0 Å². The number of H-pyrrole nitrogens is 1. The number of hydrogen-bond donors (Lipinski definition) is 1. The maximum Gasteiger partial charge on any atom is 0.292 e. The zero-order valence-corrected chi connectivity index (χ0v) is 6.90. The number of ether oxygens (including phenoxy) is 1. The third-order valence-electron chi connectivity index (χ3n) is 1.71. The molecule has 0 aliphatic carbocycles. The second-order valence-corrected chi connectivity index (χ2v) is 2.41. The van der Waals surface area contributed by atoms with Gasteiger partial charge in [0.05, 0.1) is 4.92 Å². The molecule has 1 unspecified atom stereocenters. The lowest BCUT2D eigenvalue weighted by atomic mass is 10.2. The highest BCUT2D eigenvalue weighted by atomic mass is 16.6. The number of nitrogens with one attached hydrogen (secondary N) is 1. The van der Waals surface area contributed by atoms with Gasteiger partial charge in [-0.2, -0.15) is 0 Å². The molecule has 0 bridgehead atoms. The fourth-order valence-corrected chi connectivity index (χ4v) is 0.977. The van der Waals surface area contributed by atoms with Crippen LogP contribution in [0.4, 0.5) is 5.69 Å². The first-order valence-electron chi connectivity index (χ1n) is 3.51. The zero-order valence-electron chi connectivity index (χ0n) is 6.90. The number of aromatic nitrogens is 1. The van der Waals surface area contributed by atoms with Crippen LogP contribution in [0.25, 0.3) is 0 Å². The Kier molecular flexibility index (Phi) is 2.44. The van der Waals surface area contributed by atoms with Crippen LogP contribution in [-0.4, -0.2) is 17.0 Å². The molecular weight excluding hydrogens is 160 g/mol. The van der Waals surface area contributed by atoms with E-state index in [1.165, 1.54) is 19.4 Å². The molecule has 0 spiro atoms. The molecule has 0 aliphatic rings. The summed E-state index contributed by atoms with van der Waals surface area (Å²) in [7, 11) is 1.51. The summed E-state index contributed by atoms with van der Waals surface area (Å²) < 4.78 is 4.95. The van der Waals surface area contributed by atoms with Crippen LogP contribution < -0.4 is 0 Å². The van der Waals surface area contributed by atoms with E-state index in [0.717, 1.165) is 0 Å². The summed E-state index contributed by atoms with van der Waals surface area (Å²) in [6, 6.07) is 1.42. The summed E-state index contributed by atoms with van der Waals surface area (Å²) in [5.41, 5.74) is 0.576. The molecule has 0 aromatic carbocycles. The molecule has 1 N–H and O–H groups in total. The topological polar surface area (TPSA) is 68.2 Å². The van der Waals surface area contributed by atoms with Crippen LogP contribution in [0, 0.1) is 10.1 Å². The fourth-order valence-electron chi connectivity index (χ4n) is 0.977. The van der Waals surface area contributed by atoms with Gasteiger partial charge in [0.25, 0.3) is 5.69 Å². The van der Waals surface area contributed by atoms with E-state index in [-0.39, 0.29) is 11.8 Å². The number of nitrogens with zero attached hydrogens (tertiary/aromatic N) is 1. The molecule has 5 nitrogen and oxygen atoms in total. The first-order chi connectivity index (χ1) is 5.66. The van der Waals surface area contributed by atoms with Crippen molar-refractivity contribution >= 4 is 5.69 Å². The van der Waals surface area contributed by atoms with Gasteiger partial charge in [-0.3, -0.25) is 10.1 Å². The molecule has 1 rings (SSSR count). The van der Waals surface area contributed by atoms with E-state index < -0.39 is 4.92 Å². The molecule has 1 aromatic rings. The van der Waals surface area contributed by atoms with Crippen molar-refractivity contribution in [3.05, 3.63) is 28.1 Å². The third-order valence-corrected chi connectivity index (χ3v) is 1.71. The Morgan fingerprint density at radius 3 is 2.92 bits per heavy atom. The van der Waals surface area contributed by atoms with Gasteiger partial charge in [-0.05, 0) is 6.92 Å². The van der Waals surface area contributed by atoms with Crippen molar-refractivity contribution in [2.75, 3.05) is 7.11 Å². The molecule has 12 heavy (non-hydrogen) atoms. The lowest BCUT2D eigenvalue weighted by molar-refractivity contribution is -0.386. The van der Waals surface area contributed by atoms with Crippen molar-refractivity contribution in [3.63, 3.8) is 0 Å². The molecule has 0 amide bonds. The summed E-state index contributed by atoms with van der Waals surface area (Å²) in [6.45, 7) is 1.75. The van der Waals surface area contributed by atoms with Crippen molar-refractivity contribution in [2.45, 2.75) is 13.0 Å². The largest absolute Gasteiger partial charge is 0.375 e. The van der Waals surface area contributed by atoms with Crippen LogP contribution in [0.2, 0.25) is 0 Å². The number of methoxy groups -OCH3 is 1. The van der Waals surface area contributed by atoms with E-state index in [9.17, 15) is 10.1 Å². The molecule has 1 aromatic heterocycles. The Balaban J connectivity index is 2.98. The van der Waals surface area contributed by atoms with E-state index in [1.54, 1.807) is 6.92 Å². The predicted molar refractivity (Wildman–Crippen MR) is 42.9 cm³/mol. The number of aromatic amines is 1. The van der Waals surface area contributed by atoms with Crippen LogP contribution in [0.3, 0.4) is 0 Å². The second kappa shape index (κ2) is 3.36. The molecule has 1 atom stereocenters. The van der Waals surface area contributed by atoms with Gasteiger partial charge in [0, 0.05) is 19.4 Å². The van der Waals surface area contributed by atoms with E-state index >= 15 is 0 Å². The lowest BCUT2D eigenvalue weighted by Crippen LogP contribution is -2.00. The van der Waals surface area contributed by atoms with Crippen LogP contribution in [-0.2, 0) is 4.74 Å². The molecule has 5 heteroatoms. The molecule has 0 saturated carbocycles. The van der Waals surface area contributed by atoms with Gasteiger partial charge in [-0.1, -0.05) is 0 Å². The average Bonchev–Trinajstić information content (AvgIpc) is 2.50. The zero-order chi connectivity index (χ0) is 9.14. The Morgan fingerprint density at radius 1 is 1.75 bits per heavy atom. The van der Waals surface area contributed by atoms with Crippen LogP contribution in [0.1, 0.15) is 18.7 Å². The molecule has 0 saturated heterocycles. The van der Waals surface area contributed by atoms with Gasteiger partial charge in [-0.15, -0.1) is 0 Å². The normalized spacial score (nSPS) is 12.8. The smallest absolute Gasteiger partial charge is 0.292 e. The Hall–Kier alpha value is -1.36. The molecule has 0 fully saturated rings. The maximum absolute atomic E-state index is 10.4. The first kappa shape index (κ1) is 8.73. The summed E-state index contributed by atoms with van der Waals surface area (Å²) in [5.74, 6) is 0. The number of nitro groups is 1. The average molecular weight is 170 g/mol. The Labute approximate surface area is 69.5 Å². The molecule has 0 aliphatic heterocycles. The van der Waals surface area contributed by atoms with Gasteiger partial charge in [0.2, 0.25) is 0 Å². The van der Waals surface area contributed by atoms with E-state index in [1.807, 2.05) is 0 Å². The lowest BCUT2D eigenvalue weighted by Gasteiger charge is -2.05. The highest BCUT2D eigenvalue weighted by Gasteiger charge is 2.19. The highest BCUT2D eigenvalue weighted by Crippen LogP contribution is 2.24. The van der Waals surface area contributed by atoms with Crippen molar-refractivity contribution < 1.29 is 9.66 Å². The predicted octanol–water partition coefficient (Wildman–Crippen LogP) is 1.63. The first-order valence-corrected chi connectivity index (χ1v) is 3.51. The Morgan fingerprint density at radius 2 is 2.42 bits per heavy atom. The minimum Gasteiger partial charge on any atom is -0.375 e. The standard InChI is InChI=1S/C7H10N2O3/c1-5(12-2)7-6(9(10)11)3-4-8-7/h3-5,8H,1-2H3. The van der Waals surface area contributed by atoms with Gasteiger partial charge in [0.1, 0.15) is 11.8 Å². The molecule has 0 radical (unpaired) electrons. The van der Waals surface area contributed by atoms with Crippen molar-refractivity contribution in [2.24, 2.45) is 0 Å². The van der Waals surface area contributed by atoms with E-state index in [0.29, 0.717) is 5.69 Å². The van der Waals surface area contributed by atoms with Crippen molar-refractivity contribution in [1.29, 1.82) is 0 Å². The highest BCUT2D eigenvalue weighted by molar-refractivity contribution is 5.36. The second-order valence-electron chi connectivity index (χ2n) is 2.41. The quantitative estimate of drug-likeness (QED) is 0.553. The molecular formula is C7H10N2O3. The molecule has 1 heterocycles. The van der Waals surface area contributed by atoms with Gasteiger partial charge in [-0.25, -0.2) is 0 Å².